The van der Waals surface area contributed by atoms with E-state index in [0.29, 0.717) is 18.4 Å². The average molecular weight is 315 g/mol. The van der Waals surface area contributed by atoms with Crippen molar-refractivity contribution in [3.8, 4) is 0 Å². The number of ether oxygens (including phenoxy) is 1. The van der Waals surface area contributed by atoms with Crippen LogP contribution in [0, 0.1) is 5.82 Å². The van der Waals surface area contributed by atoms with Gasteiger partial charge in [-0.05, 0) is 42.7 Å². The van der Waals surface area contributed by atoms with Gasteiger partial charge in [0.15, 0.2) is 0 Å². The van der Waals surface area contributed by atoms with E-state index < -0.39 is 23.7 Å². The van der Waals surface area contributed by atoms with Gasteiger partial charge < -0.3 is 10.1 Å². The van der Waals surface area contributed by atoms with Crippen LogP contribution in [0.2, 0.25) is 0 Å². The second-order valence-corrected chi connectivity index (χ2v) is 5.08. The number of benzene rings is 2. The Morgan fingerprint density at radius 3 is 2.35 bits per heavy atom. The minimum atomic E-state index is -0.752. The van der Waals surface area contributed by atoms with Crippen molar-refractivity contribution in [2.24, 2.45) is 0 Å². The summed E-state index contributed by atoms with van der Waals surface area (Å²) in [6, 6.07) is 14.0. The summed E-state index contributed by atoms with van der Waals surface area (Å²) in [6.07, 6.45) is 1.05. The number of halogens is 1. The molecule has 0 aliphatic rings. The summed E-state index contributed by atoms with van der Waals surface area (Å²) in [4.78, 5) is 24.0. The smallest absolute Gasteiger partial charge is 0.328 e. The molecule has 0 bridgehead atoms. The molecule has 120 valence electrons. The zero-order valence-electron chi connectivity index (χ0n) is 12.8. The number of carbonyl (C=O) groups is 2. The number of amides is 1. The Balaban J connectivity index is 2.02. The molecule has 0 heterocycles. The third-order valence-electron chi connectivity index (χ3n) is 3.46. The van der Waals surface area contributed by atoms with Gasteiger partial charge in [0.25, 0.3) is 5.91 Å². The number of carbonyl (C=O) groups excluding carboxylic acids is 2. The maximum atomic E-state index is 12.9. The van der Waals surface area contributed by atoms with Gasteiger partial charge in [-0.15, -0.1) is 0 Å². The van der Waals surface area contributed by atoms with E-state index in [0.717, 1.165) is 5.56 Å². The first kappa shape index (κ1) is 16.7. The number of aryl methyl sites for hydroxylation is 1. The maximum absolute atomic E-state index is 12.9. The number of rotatable bonds is 6. The van der Waals surface area contributed by atoms with Crippen LogP contribution >= 0.6 is 0 Å². The lowest BCUT2D eigenvalue weighted by Gasteiger charge is -2.16. The van der Waals surface area contributed by atoms with Gasteiger partial charge in [-0.1, -0.05) is 30.3 Å². The van der Waals surface area contributed by atoms with E-state index in [1.165, 1.54) is 31.4 Å². The van der Waals surface area contributed by atoms with E-state index in [-0.39, 0.29) is 0 Å². The van der Waals surface area contributed by atoms with Crippen LogP contribution in [0.25, 0.3) is 0 Å². The Kier molecular flexibility index (Phi) is 5.86. The predicted molar refractivity (Wildman–Crippen MR) is 84.4 cm³/mol. The molecule has 1 N–H and O–H groups in total. The Morgan fingerprint density at radius 2 is 1.74 bits per heavy atom. The molecule has 0 radical (unpaired) electrons. The highest BCUT2D eigenvalue weighted by atomic mass is 19.1. The molecular formula is C18H18FNO3. The molecule has 0 saturated carbocycles. The normalized spacial score (nSPS) is 11.6. The zero-order valence-corrected chi connectivity index (χ0v) is 12.8. The van der Waals surface area contributed by atoms with E-state index in [1.54, 1.807) is 0 Å². The van der Waals surface area contributed by atoms with Gasteiger partial charge in [0.05, 0.1) is 7.11 Å². The molecule has 0 aliphatic carbocycles. The van der Waals surface area contributed by atoms with Gasteiger partial charge in [-0.25, -0.2) is 9.18 Å². The summed E-state index contributed by atoms with van der Waals surface area (Å²) >= 11 is 0. The van der Waals surface area contributed by atoms with Gasteiger partial charge in [-0.3, -0.25) is 4.79 Å². The standard InChI is InChI=1S/C18H18FNO3/c1-23-18(22)16(12-7-13-5-3-2-4-6-13)20-17(21)14-8-10-15(19)11-9-14/h2-6,8-11,16H,7,12H2,1H3,(H,20,21)/t16-/m0/s1. The van der Waals surface area contributed by atoms with Crippen molar-refractivity contribution in [3.05, 3.63) is 71.5 Å². The molecule has 0 fully saturated rings. The van der Waals surface area contributed by atoms with Crippen molar-refractivity contribution >= 4 is 11.9 Å². The monoisotopic (exact) mass is 315 g/mol. The predicted octanol–water partition coefficient (Wildman–Crippen LogP) is 2.73. The van der Waals surface area contributed by atoms with Crippen molar-refractivity contribution in [2.45, 2.75) is 18.9 Å². The average Bonchev–Trinajstić information content (AvgIpc) is 2.59. The Labute approximate surface area is 134 Å². The van der Waals surface area contributed by atoms with Gasteiger partial charge in [0, 0.05) is 5.56 Å². The molecule has 1 atom stereocenters. The lowest BCUT2D eigenvalue weighted by Crippen LogP contribution is -2.41. The number of methoxy groups -OCH3 is 1. The minimum Gasteiger partial charge on any atom is -0.467 e. The van der Waals surface area contributed by atoms with Crippen LogP contribution in [0.3, 0.4) is 0 Å². The molecule has 2 rings (SSSR count). The zero-order chi connectivity index (χ0) is 16.7. The molecule has 5 heteroatoms. The van der Waals surface area contributed by atoms with Gasteiger partial charge >= 0.3 is 5.97 Å². The van der Waals surface area contributed by atoms with Crippen LogP contribution in [-0.4, -0.2) is 25.0 Å². The fourth-order valence-corrected chi connectivity index (χ4v) is 2.19. The summed E-state index contributed by atoms with van der Waals surface area (Å²) in [5.41, 5.74) is 1.36. The van der Waals surface area contributed by atoms with Crippen molar-refractivity contribution in [3.63, 3.8) is 0 Å². The molecule has 0 aliphatic heterocycles. The third-order valence-corrected chi connectivity index (χ3v) is 3.46. The highest BCUT2D eigenvalue weighted by Gasteiger charge is 2.22. The van der Waals surface area contributed by atoms with Crippen molar-refractivity contribution in [1.29, 1.82) is 0 Å². The first-order valence-electron chi connectivity index (χ1n) is 7.28. The molecule has 2 aromatic rings. The van der Waals surface area contributed by atoms with E-state index in [1.807, 2.05) is 30.3 Å². The second kappa shape index (κ2) is 8.08. The number of hydrogen-bond acceptors (Lipinski definition) is 3. The number of hydrogen-bond donors (Lipinski definition) is 1. The van der Waals surface area contributed by atoms with E-state index in [9.17, 15) is 14.0 Å². The van der Waals surface area contributed by atoms with Crippen LogP contribution in [0.15, 0.2) is 54.6 Å². The molecule has 0 aromatic heterocycles. The summed E-state index contributed by atoms with van der Waals surface area (Å²) in [5.74, 6) is -1.36. The molecule has 2 aromatic carbocycles. The Bertz CT molecular complexity index is 656. The lowest BCUT2D eigenvalue weighted by atomic mass is 10.0. The molecular weight excluding hydrogens is 297 g/mol. The second-order valence-electron chi connectivity index (χ2n) is 5.08. The van der Waals surface area contributed by atoms with Crippen LogP contribution in [0.5, 0.6) is 0 Å². The highest BCUT2D eigenvalue weighted by Crippen LogP contribution is 2.08. The van der Waals surface area contributed by atoms with Crippen molar-refractivity contribution in [1.82, 2.24) is 5.32 Å². The summed E-state index contributed by atoms with van der Waals surface area (Å²) in [5, 5.41) is 2.64. The highest BCUT2D eigenvalue weighted by molar-refractivity contribution is 5.96. The first-order chi connectivity index (χ1) is 11.1. The number of esters is 1. The van der Waals surface area contributed by atoms with Crippen LogP contribution < -0.4 is 5.32 Å². The molecule has 0 saturated heterocycles. The van der Waals surface area contributed by atoms with E-state index >= 15 is 0 Å². The Morgan fingerprint density at radius 1 is 1.09 bits per heavy atom. The summed E-state index contributed by atoms with van der Waals surface area (Å²) in [7, 11) is 1.28. The van der Waals surface area contributed by atoms with Crippen molar-refractivity contribution < 1.29 is 18.7 Å². The maximum Gasteiger partial charge on any atom is 0.328 e. The largest absolute Gasteiger partial charge is 0.467 e. The van der Waals surface area contributed by atoms with E-state index in [2.05, 4.69) is 5.32 Å². The molecule has 4 nitrogen and oxygen atoms in total. The van der Waals surface area contributed by atoms with Gasteiger partial charge in [-0.2, -0.15) is 0 Å². The SMILES string of the molecule is COC(=O)[C@H](CCc1ccccc1)NC(=O)c1ccc(F)cc1. The van der Waals surface area contributed by atoms with Crippen LogP contribution in [-0.2, 0) is 16.0 Å². The van der Waals surface area contributed by atoms with Gasteiger partial charge in [0.1, 0.15) is 11.9 Å². The quantitative estimate of drug-likeness (QED) is 0.834. The fraction of sp³-hybridized carbons (Fsp3) is 0.222. The summed E-state index contributed by atoms with van der Waals surface area (Å²) < 4.78 is 17.6. The molecule has 1 amide bonds. The molecule has 23 heavy (non-hydrogen) atoms. The van der Waals surface area contributed by atoms with Gasteiger partial charge in [0.2, 0.25) is 0 Å². The van der Waals surface area contributed by atoms with Crippen LogP contribution in [0.1, 0.15) is 22.3 Å². The van der Waals surface area contributed by atoms with Crippen molar-refractivity contribution in [2.75, 3.05) is 7.11 Å². The summed E-state index contributed by atoms with van der Waals surface area (Å²) in [6.45, 7) is 0. The van der Waals surface area contributed by atoms with E-state index in [4.69, 9.17) is 4.74 Å². The van der Waals surface area contributed by atoms with Crippen LogP contribution in [0.4, 0.5) is 4.39 Å². The molecule has 0 unspecified atom stereocenters. The lowest BCUT2D eigenvalue weighted by molar-refractivity contribution is -0.143. The number of nitrogens with one attached hydrogen (secondary N) is 1. The topological polar surface area (TPSA) is 55.4 Å². The fourth-order valence-electron chi connectivity index (χ4n) is 2.19. The third kappa shape index (κ3) is 4.92. The minimum absolute atomic E-state index is 0.292. The molecule has 0 spiro atoms. The first-order valence-corrected chi connectivity index (χ1v) is 7.28. The Hall–Kier alpha value is -2.69.